The number of fused-ring (bicyclic) bond motifs is 6. The summed E-state index contributed by atoms with van der Waals surface area (Å²) in [4.78, 5) is 4.97. The minimum absolute atomic E-state index is 0.0528. The molecule has 2 nitrogen and oxygen atoms in total. The summed E-state index contributed by atoms with van der Waals surface area (Å²) in [6.45, 7) is 6.91. The van der Waals surface area contributed by atoms with Gasteiger partial charge in [0, 0.05) is 17.5 Å². The van der Waals surface area contributed by atoms with Crippen LogP contribution in [0.5, 0.6) is 0 Å². The van der Waals surface area contributed by atoms with E-state index < -0.39 is 0 Å². The molecule has 1 aliphatic carbocycles. The van der Waals surface area contributed by atoms with Gasteiger partial charge < -0.3 is 0 Å². The number of imidazole rings is 1. The summed E-state index contributed by atoms with van der Waals surface area (Å²) in [5.41, 5.74) is 13.8. The second-order valence-corrected chi connectivity index (χ2v) is 13.0. The average Bonchev–Trinajstić information content (AvgIpc) is 3.59. The molecule has 0 unspecified atom stereocenters. The van der Waals surface area contributed by atoms with Gasteiger partial charge in [-0.3, -0.25) is 4.57 Å². The van der Waals surface area contributed by atoms with Gasteiger partial charge in [0.25, 0.3) is 0 Å². The van der Waals surface area contributed by atoms with E-state index in [4.69, 9.17) is 4.98 Å². The Hall–Kier alpha value is -5.47. The largest absolute Gasteiger partial charge is 0.296 e. The van der Waals surface area contributed by atoms with Crippen LogP contribution in [-0.4, -0.2) is 9.55 Å². The van der Waals surface area contributed by atoms with E-state index in [1.165, 1.54) is 66.1 Å². The minimum Gasteiger partial charge on any atom is -0.296 e. The van der Waals surface area contributed by atoms with Gasteiger partial charge in [0.1, 0.15) is 5.82 Å². The summed E-state index contributed by atoms with van der Waals surface area (Å²) in [6, 6.07) is 51.4. The van der Waals surface area contributed by atoms with Gasteiger partial charge in [-0.15, -0.1) is 0 Å². The van der Waals surface area contributed by atoms with Crippen molar-refractivity contribution in [1.29, 1.82) is 0 Å². The van der Waals surface area contributed by atoms with Gasteiger partial charge in [-0.1, -0.05) is 130 Å². The van der Waals surface area contributed by atoms with E-state index in [1.807, 2.05) is 0 Å². The molecule has 1 heterocycles. The van der Waals surface area contributed by atoms with Crippen LogP contribution >= 0.6 is 0 Å². The number of hydrogen-bond donors (Lipinski definition) is 0. The molecule has 9 rings (SSSR count). The number of aromatic nitrogens is 2. The van der Waals surface area contributed by atoms with E-state index in [2.05, 4.69) is 165 Å². The van der Waals surface area contributed by atoms with E-state index in [0.29, 0.717) is 0 Å². The van der Waals surface area contributed by atoms with Crippen LogP contribution < -0.4 is 0 Å². The minimum atomic E-state index is -0.0528. The molecule has 0 fully saturated rings. The summed E-state index contributed by atoms with van der Waals surface area (Å²) in [5, 5.41) is 5.08. The van der Waals surface area contributed by atoms with Crippen molar-refractivity contribution in [2.45, 2.75) is 32.6 Å². The molecule has 46 heavy (non-hydrogen) atoms. The SMILES string of the molecule is CCc1nc2ccccc2n1-c1cccc(-c2c3ccccc3c(-c3ccc4c(c3)C(C)(C)c3ccccc3-4)c3ccccc23)c1. The summed E-state index contributed by atoms with van der Waals surface area (Å²) in [5.74, 6) is 1.07. The third-order valence-electron chi connectivity index (χ3n) is 10.1. The highest BCUT2D eigenvalue weighted by atomic mass is 15.1. The first kappa shape index (κ1) is 26.9. The van der Waals surface area contributed by atoms with E-state index >= 15 is 0 Å². The normalized spacial score (nSPS) is 13.4. The lowest BCUT2D eigenvalue weighted by atomic mass is 9.80. The average molecular weight is 591 g/mol. The molecule has 0 bridgehead atoms. The lowest BCUT2D eigenvalue weighted by molar-refractivity contribution is 0.660. The van der Waals surface area contributed by atoms with Gasteiger partial charge in [0.15, 0.2) is 0 Å². The zero-order chi connectivity index (χ0) is 31.0. The highest BCUT2D eigenvalue weighted by Crippen LogP contribution is 2.51. The van der Waals surface area contributed by atoms with Crippen LogP contribution in [0.4, 0.5) is 0 Å². The molecule has 7 aromatic carbocycles. The van der Waals surface area contributed by atoms with Crippen molar-refractivity contribution in [3.8, 4) is 39.1 Å². The zero-order valence-corrected chi connectivity index (χ0v) is 26.4. The molecular weight excluding hydrogens is 556 g/mol. The molecule has 0 radical (unpaired) electrons. The summed E-state index contributed by atoms with van der Waals surface area (Å²) in [6.07, 6.45) is 0.863. The predicted molar refractivity (Wildman–Crippen MR) is 194 cm³/mol. The molecule has 0 amide bonds. The van der Waals surface area contributed by atoms with Crippen molar-refractivity contribution in [2.75, 3.05) is 0 Å². The topological polar surface area (TPSA) is 17.8 Å². The zero-order valence-electron chi connectivity index (χ0n) is 26.4. The molecule has 1 aromatic heterocycles. The maximum atomic E-state index is 4.97. The van der Waals surface area contributed by atoms with Crippen LogP contribution in [0.1, 0.15) is 37.7 Å². The fraction of sp³-hybridized carbons (Fsp3) is 0.114. The van der Waals surface area contributed by atoms with Crippen molar-refractivity contribution in [3.05, 3.63) is 156 Å². The molecule has 0 N–H and O–H groups in total. The Bertz CT molecular complexity index is 2440. The molecule has 220 valence electrons. The number of nitrogens with zero attached hydrogens (tertiary/aromatic N) is 2. The third kappa shape index (κ3) is 3.80. The summed E-state index contributed by atoms with van der Waals surface area (Å²) >= 11 is 0. The van der Waals surface area contributed by atoms with Gasteiger partial charge in [-0.2, -0.15) is 0 Å². The standard InChI is InChI=1S/C44H34N2/c1-4-41-45-39-22-11-12-23-40(39)46(41)30-15-13-14-28(26-30)42-33-17-5-7-19-35(33)43(36-20-8-6-18-34(36)42)29-24-25-32-31-16-9-10-21-37(31)44(2,3)38(32)27-29/h5-27H,4H2,1-3H3. The van der Waals surface area contributed by atoms with Crippen molar-refractivity contribution in [3.63, 3.8) is 0 Å². The molecule has 2 heteroatoms. The quantitative estimate of drug-likeness (QED) is 0.186. The number of hydrogen-bond acceptors (Lipinski definition) is 1. The smallest absolute Gasteiger partial charge is 0.114 e. The Morgan fingerprint density at radius 1 is 0.543 bits per heavy atom. The Kier molecular flexibility index (Phi) is 5.86. The predicted octanol–water partition coefficient (Wildman–Crippen LogP) is 11.5. The van der Waals surface area contributed by atoms with E-state index in [0.717, 1.165) is 29.0 Å². The summed E-state index contributed by atoms with van der Waals surface area (Å²) < 4.78 is 2.32. The first-order valence-electron chi connectivity index (χ1n) is 16.3. The Morgan fingerprint density at radius 3 is 1.83 bits per heavy atom. The van der Waals surface area contributed by atoms with Gasteiger partial charge in [-0.25, -0.2) is 4.98 Å². The van der Waals surface area contributed by atoms with E-state index in [-0.39, 0.29) is 5.41 Å². The van der Waals surface area contributed by atoms with Crippen LogP contribution in [0.15, 0.2) is 140 Å². The van der Waals surface area contributed by atoms with E-state index in [9.17, 15) is 0 Å². The second kappa shape index (κ2) is 10.0. The van der Waals surface area contributed by atoms with Crippen LogP contribution in [0, 0.1) is 0 Å². The Labute approximate surface area is 269 Å². The van der Waals surface area contributed by atoms with Crippen molar-refractivity contribution in [1.82, 2.24) is 9.55 Å². The van der Waals surface area contributed by atoms with Crippen LogP contribution in [-0.2, 0) is 11.8 Å². The van der Waals surface area contributed by atoms with Gasteiger partial charge in [0.2, 0.25) is 0 Å². The highest BCUT2D eigenvalue weighted by molar-refractivity contribution is 6.21. The maximum absolute atomic E-state index is 4.97. The van der Waals surface area contributed by atoms with Crippen molar-refractivity contribution >= 4 is 32.6 Å². The lowest BCUT2D eigenvalue weighted by Gasteiger charge is -2.23. The Balaban J connectivity index is 1.30. The second-order valence-electron chi connectivity index (χ2n) is 13.0. The molecule has 0 saturated carbocycles. The number of benzene rings is 7. The van der Waals surface area contributed by atoms with Crippen molar-refractivity contribution in [2.24, 2.45) is 0 Å². The fourth-order valence-electron chi connectivity index (χ4n) is 8.01. The molecule has 1 aliphatic rings. The maximum Gasteiger partial charge on any atom is 0.114 e. The van der Waals surface area contributed by atoms with E-state index in [1.54, 1.807) is 0 Å². The molecular formula is C44H34N2. The van der Waals surface area contributed by atoms with Crippen molar-refractivity contribution < 1.29 is 0 Å². The van der Waals surface area contributed by atoms with Crippen LogP contribution in [0.2, 0.25) is 0 Å². The fourth-order valence-corrected chi connectivity index (χ4v) is 8.01. The summed E-state index contributed by atoms with van der Waals surface area (Å²) in [7, 11) is 0. The molecule has 8 aromatic rings. The number of rotatable bonds is 4. The Morgan fingerprint density at radius 2 is 1.13 bits per heavy atom. The molecule has 0 saturated heterocycles. The first-order valence-corrected chi connectivity index (χ1v) is 16.3. The number of para-hydroxylation sites is 2. The van der Waals surface area contributed by atoms with Crippen LogP contribution in [0.25, 0.3) is 71.6 Å². The van der Waals surface area contributed by atoms with Gasteiger partial charge in [0.05, 0.1) is 11.0 Å². The van der Waals surface area contributed by atoms with Gasteiger partial charge in [-0.05, 0) is 96.4 Å². The molecule has 0 spiro atoms. The number of aryl methyl sites for hydroxylation is 1. The highest BCUT2D eigenvalue weighted by Gasteiger charge is 2.35. The van der Waals surface area contributed by atoms with Crippen LogP contribution in [0.3, 0.4) is 0 Å². The lowest BCUT2D eigenvalue weighted by Crippen LogP contribution is -2.14. The molecule has 0 aliphatic heterocycles. The third-order valence-corrected chi connectivity index (χ3v) is 10.1. The van der Waals surface area contributed by atoms with Gasteiger partial charge >= 0.3 is 0 Å². The first-order chi connectivity index (χ1) is 22.5. The molecule has 0 atom stereocenters. The monoisotopic (exact) mass is 590 g/mol.